The molecular weight excluding hydrogens is 250 g/mol. The van der Waals surface area contributed by atoms with Crippen LogP contribution in [0.4, 0.5) is 0 Å². The Kier molecular flexibility index (Phi) is 5.33. The molecule has 20 heavy (non-hydrogen) atoms. The molecule has 3 nitrogen and oxygen atoms in total. The largest absolute Gasteiger partial charge is 0.465 e. The predicted octanol–water partition coefficient (Wildman–Crippen LogP) is 2.81. The Morgan fingerprint density at radius 2 is 1.75 bits per heavy atom. The molecule has 0 aliphatic rings. The lowest BCUT2D eigenvalue weighted by molar-refractivity contribution is 0.0599. The third-order valence-electron chi connectivity index (χ3n) is 3.17. The lowest BCUT2D eigenvalue weighted by Crippen LogP contribution is -2.18. The van der Waals surface area contributed by atoms with E-state index >= 15 is 0 Å². The Bertz CT molecular complexity index is 552. The quantitative estimate of drug-likeness (QED) is 0.647. The van der Waals surface area contributed by atoms with Gasteiger partial charge in [-0.2, -0.15) is 0 Å². The normalized spacial score (nSPS) is 10.2. The first-order valence-corrected chi connectivity index (χ1v) is 6.72. The van der Waals surface area contributed by atoms with E-state index in [0.29, 0.717) is 12.1 Å². The van der Waals surface area contributed by atoms with Crippen molar-refractivity contribution in [1.82, 2.24) is 5.32 Å². The van der Waals surface area contributed by atoms with Crippen LogP contribution in [0.3, 0.4) is 0 Å². The third kappa shape index (κ3) is 3.93. The van der Waals surface area contributed by atoms with E-state index in [9.17, 15) is 4.79 Å². The van der Waals surface area contributed by atoms with Gasteiger partial charge in [0.05, 0.1) is 12.7 Å². The zero-order valence-electron chi connectivity index (χ0n) is 11.6. The molecule has 0 bridgehead atoms. The third-order valence-corrected chi connectivity index (χ3v) is 3.17. The summed E-state index contributed by atoms with van der Waals surface area (Å²) in [6.07, 6.45) is 0.973. The van der Waals surface area contributed by atoms with E-state index in [0.717, 1.165) is 18.5 Å². The van der Waals surface area contributed by atoms with Crippen LogP contribution in [-0.2, 0) is 17.7 Å². The van der Waals surface area contributed by atoms with Gasteiger partial charge < -0.3 is 10.1 Å². The van der Waals surface area contributed by atoms with E-state index in [-0.39, 0.29) is 5.97 Å². The average molecular weight is 269 g/mol. The maximum absolute atomic E-state index is 11.6. The highest BCUT2D eigenvalue weighted by molar-refractivity contribution is 5.90. The van der Waals surface area contributed by atoms with Crippen LogP contribution in [0, 0.1) is 0 Å². The molecule has 0 aliphatic carbocycles. The van der Waals surface area contributed by atoms with E-state index in [1.807, 2.05) is 36.4 Å². The van der Waals surface area contributed by atoms with Crippen molar-refractivity contribution in [1.29, 1.82) is 0 Å². The highest BCUT2D eigenvalue weighted by atomic mass is 16.5. The summed E-state index contributed by atoms with van der Waals surface area (Å²) in [5.74, 6) is -0.287. The first-order valence-electron chi connectivity index (χ1n) is 6.72. The van der Waals surface area contributed by atoms with Gasteiger partial charge >= 0.3 is 5.97 Å². The molecule has 0 aliphatic heterocycles. The smallest absolute Gasteiger partial charge is 0.338 e. The molecule has 0 unspecified atom stereocenters. The fraction of sp³-hybridized carbons (Fsp3) is 0.235. The average Bonchev–Trinajstić information content (AvgIpc) is 2.52. The summed E-state index contributed by atoms with van der Waals surface area (Å²) < 4.78 is 4.79. The van der Waals surface area contributed by atoms with Crippen molar-refractivity contribution >= 4 is 5.97 Å². The number of hydrogen-bond donors (Lipinski definition) is 1. The first kappa shape index (κ1) is 14.3. The zero-order valence-corrected chi connectivity index (χ0v) is 11.6. The number of benzene rings is 2. The van der Waals surface area contributed by atoms with Crippen molar-refractivity contribution in [3.05, 3.63) is 71.3 Å². The molecule has 0 fully saturated rings. The summed E-state index contributed by atoms with van der Waals surface area (Å²) in [4.78, 5) is 11.6. The lowest BCUT2D eigenvalue weighted by Gasteiger charge is -2.09. The number of hydrogen-bond acceptors (Lipinski definition) is 3. The van der Waals surface area contributed by atoms with Crippen molar-refractivity contribution in [2.45, 2.75) is 13.0 Å². The van der Waals surface area contributed by atoms with Crippen molar-refractivity contribution in [2.24, 2.45) is 0 Å². The van der Waals surface area contributed by atoms with Crippen LogP contribution in [0.15, 0.2) is 54.6 Å². The number of methoxy groups -OCH3 is 1. The van der Waals surface area contributed by atoms with E-state index in [4.69, 9.17) is 4.74 Å². The van der Waals surface area contributed by atoms with Gasteiger partial charge in [-0.25, -0.2) is 4.79 Å². The Balaban J connectivity index is 1.87. The fourth-order valence-electron chi connectivity index (χ4n) is 2.08. The van der Waals surface area contributed by atoms with E-state index in [1.165, 1.54) is 12.7 Å². The molecule has 0 aromatic heterocycles. The van der Waals surface area contributed by atoms with Crippen molar-refractivity contribution in [2.75, 3.05) is 13.7 Å². The van der Waals surface area contributed by atoms with Gasteiger partial charge in [0.2, 0.25) is 0 Å². The minimum Gasteiger partial charge on any atom is -0.465 e. The van der Waals surface area contributed by atoms with Gasteiger partial charge in [0.15, 0.2) is 0 Å². The van der Waals surface area contributed by atoms with Crippen LogP contribution < -0.4 is 5.32 Å². The minimum absolute atomic E-state index is 0.287. The molecule has 0 saturated heterocycles. The summed E-state index contributed by atoms with van der Waals surface area (Å²) in [5.41, 5.74) is 2.90. The van der Waals surface area contributed by atoms with Gasteiger partial charge in [0, 0.05) is 6.54 Å². The molecule has 3 heteroatoms. The van der Waals surface area contributed by atoms with Crippen LogP contribution in [0.25, 0.3) is 0 Å². The summed E-state index contributed by atoms with van der Waals surface area (Å²) in [6.45, 7) is 1.54. The second-order valence-electron chi connectivity index (χ2n) is 4.56. The van der Waals surface area contributed by atoms with Crippen LogP contribution in [0.5, 0.6) is 0 Å². The van der Waals surface area contributed by atoms with E-state index in [1.54, 1.807) is 6.07 Å². The van der Waals surface area contributed by atoms with E-state index in [2.05, 4.69) is 17.4 Å². The molecule has 0 saturated carbocycles. The molecule has 0 heterocycles. The van der Waals surface area contributed by atoms with Crippen molar-refractivity contribution < 1.29 is 9.53 Å². The number of rotatable bonds is 6. The molecule has 0 radical (unpaired) electrons. The maximum Gasteiger partial charge on any atom is 0.338 e. The van der Waals surface area contributed by atoms with Gasteiger partial charge in [0.1, 0.15) is 0 Å². The number of esters is 1. The van der Waals surface area contributed by atoms with Crippen molar-refractivity contribution in [3.63, 3.8) is 0 Å². The molecule has 1 N–H and O–H groups in total. The Hall–Kier alpha value is -2.13. The van der Waals surface area contributed by atoms with Crippen LogP contribution in [0.1, 0.15) is 21.5 Å². The van der Waals surface area contributed by atoms with Gasteiger partial charge in [0.25, 0.3) is 0 Å². The van der Waals surface area contributed by atoms with Gasteiger partial charge in [-0.05, 0) is 30.2 Å². The summed E-state index contributed by atoms with van der Waals surface area (Å²) in [5, 5.41) is 3.36. The lowest BCUT2D eigenvalue weighted by atomic mass is 10.1. The monoisotopic (exact) mass is 269 g/mol. The number of carbonyl (C=O) groups excluding carboxylic acids is 1. The minimum atomic E-state index is -0.287. The second-order valence-corrected chi connectivity index (χ2v) is 4.56. The molecule has 0 amide bonds. The molecular formula is C17H19NO2. The highest BCUT2D eigenvalue weighted by Gasteiger charge is 2.09. The number of ether oxygens (including phenoxy) is 1. The molecule has 2 aromatic carbocycles. The van der Waals surface area contributed by atoms with Gasteiger partial charge in [-0.3, -0.25) is 0 Å². The van der Waals surface area contributed by atoms with Gasteiger partial charge in [-0.1, -0.05) is 48.5 Å². The molecule has 0 spiro atoms. The number of carbonyl (C=O) groups is 1. The maximum atomic E-state index is 11.6. The summed E-state index contributed by atoms with van der Waals surface area (Å²) >= 11 is 0. The van der Waals surface area contributed by atoms with Crippen LogP contribution >= 0.6 is 0 Å². The Labute approximate surface area is 119 Å². The van der Waals surface area contributed by atoms with Crippen LogP contribution in [-0.4, -0.2) is 19.6 Å². The van der Waals surface area contributed by atoms with E-state index < -0.39 is 0 Å². The summed E-state index contributed by atoms with van der Waals surface area (Å²) in [7, 11) is 1.40. The topological polar surface area (TPSA) is 38.3 Å². The Morgan fingerprint density at radius 1 is 1.05 bits per heavy atom. The second kappa shape index (κ2) is 7.46. The number of nitrogens with one attached hydrogen (secondary N) is 1. The molecule has 2 rings (SSSR count). The highest BCUT2D eigenvalue weighted by Crippen LogP contribution is 2.09. The van der Waals surface area contributed by atoms with Crippen molar-refractivity contribution in [3.8, 4) is 0 Å². The molecule has 2 aromatic rings. The standard InChI is InChI=1S/C17H19NO2/c1-20-17(19)16-10-6-5-9-15(16)13-18-12-11-14-7-3-2-4-8-14/h2-10,18H,11-13H2,1H3. The fourth-order valence-corrected chi connectivity index (χ4v) is 2.08. The summed E-state index contributed by atoms with van der Waals surface area (Å²) in [6, 6.07) is 17.9. The first-order chi connectivity index (χ1) is 9.81. The molecule has 0 atom stereocenters. The predicted molar refractivity (Wildman–Crippen MR) is 79.6 cm³/mol. The SMILES string of the molecule is COC(=O)c1ccccc1CNCCc1ccccc1. The van der Waals surface area contributed by atoms with Gasteiger partial charge in [-0.15, -0.1) is 0 Å². The van der Waals surface area contributed by atoms with Crippen LogP contribution in [0.2, 0.25) is 0 Å². The zero-order chi connectivity index (χ0) is 14.2. The molecule has 104 valence electrons. The Morgan fingerprint density at radius 3 is 2.50 bits per heavy atom.